The van der Waals surface area contributed by atoms with E-state index >= 15 is 0 Å². The summed E-state index contributed by atoms with van der Waals surface area (Å²) in [4.78, 5) is 0. The predicted molar refractivity (Wildman–Crippen MR) is 128 cm³/mol. The second kappa shape index (κ2) is 9.09. The number of rotatable bonds is 6. The number of aryl methyl sites for hydroxylation is 1. The van der Waals surface area contributed by atoms with Crippen molar-refractivity contribution in [2.75, 3.05) is 5.32 Å². The molecule has 0 amide bonds. The highest BCUT2D eigenvalue weighted by Gasteiger charge is 2.19. The molecule has 0 saturated heterocycles. The molecule has 2 atom stereocenters. The molecule has 0 aliphatic rings. The van der Waals surface area contributed by atoms with Crippen molar-refractivity contribution in [3.63, 3.8) is 0 Å². The molecule has 0 radical (unpaired) electrons. The molecule has 4 heteroatoms. The Balaban J connectivity index is 1.64. The summed E-state index contributed by atoms with van der Waals surface area (Å²) in [6.07, 6.45) is -0.143. The smallest absolute Gasteiger partial charge is 0.0813 e. The summed E-state index contributed by atoms with van der Waals surface area (Å²) in [5, 5.41) is 17.9. The van der Waals surface area contributed by atoms with Crippen LogP contribution in [-0.2, 0) is 0 Å². The van der Waals surface area contributed by atoms with Gasteiger partial charge in [-0.25, -0.2) is 0 Å². The highest BCUT2D eigenvalue weighted by Crippen LogP contribution is 2.34. The normalized spacial score (nSPS) is 13.2. The quantitative estimate of drug-likeness (QED) is 0.324. The van der Waals surface area contributed by atoms with E-state index < -0.39 is 6.10 Å². The Bertz CT molecular complexity index is 1170. The van der Waals surface area contributed by atoms with E-state index in [9.17, 15) is 5.11 Å². The van der Waals surface area contributed by atoms with Crippen LogP contribution in [0.2, 0.25) is 10.0 Å². The number of hydrogen-bond donors (Lipinski definition) is 2. The minimum atomic E-state index is -0.633. The van der Waals surface area contributed by atoms with Crippen LogP contribution < -0.4 is 5.32 Å². The van der Waals surface area contributed by atoms with Gasteiger partial charge in [0.05, 0.1) is 22.2 Å². The summed E-state index contributed by atoms with van der Waals surface area (Å²) >= 11 is 12.4. The summed E-state index contributed by atoms with van der Waals surface area (Å²) < 4.78 is 0. The van der Waals surface area contributed by atoms with Crippen LogP contribution in [0.5, 0.6) is 0 Å². The summed E-state index contributed by atoms with van der Waals surface area (Å²) in [6.45, 7) is 2.06. The van der Waals surface area contributed by atoms with E-state index in [4.69, 9.17) is 23.2 Å². The molecule has 0 bridgehead atoms. The summed E-state index contributed by atoms with van der Waals surface area (Å²) in [5.74, 6) is 0. The van der Waals surface area contributed by atoms with Crippen molar-refractivity contribution in [3.05, 3.63) is 112 Å². The zero-order chi connectivity index (χ0) is 21.1. The molecular weight excluding hydrogens is 413 g/mol. The minimum absolute atomic E-state index is 0.136. The van der Waals surface area contributed by atoms with Crippen molar-refractivity contribution >= 4 is 39.7 Å². The van der Waals surface area contributed by atoms with Crippen molar-refractivity contribution in [3.8, 4) is 0 Å². The van der Waals surface area contributed by atoms with Crippen LogP contribution in [0.3, 0.4) is 0 Å². The number of fused-ring (bicyclic) bond motifs is 1. The second-order valence-electron chi connectivity index (χ2n) is 7.60. The molecule has 0 aliphatic heterocycles. The SMILES string of the molecule is Cc1cccc(NC(CC(O)c2ccc3ccccc3c2)c2ccc(Cl)c(Cl)c2)c1. The van der Waals surface area contributed by atoms with Gasteiger partial charge < -0.3 is 10.4 Å². The van der Waals surface area contributed by atoms with E-state index in [1.807, 2.05) is 42.5 Å². The van der Waals surface area contributed by atoms with Crippen molar-refractivity contribution < 1.29 is 5.11 Å². The van der Waals surface area contributed by atoms with Gasteiger partial charge in [0.2, 0.25) is 0 Å². The van der Waals surface area contributed by atoms with Gasteiger partial charge in [0.1, 0.15) is 0 Å². The molecule has 0 aromatic heterocycles. The van der Waals surface area contributed by atoms with Crippen LogP contribution in [0.1, 0.15) is 35.3 Å². The average molecular weight is 436 g/mol. The minimum Gasteiger partial charge on any atom is -0.388 e. The van der Waals surface area contributed by atoms with Crippen LogP contribution in [0.25, 0.3) is 10.8 Å². The molecule has 0 spiro atoms. The van der Waals surface area contributed by atoms with Crippen LogP contribution in [-0.4, -0.2) is 5.11 Å². The Kier molecular flexibility index (Phi) is 6.29. The van der Waals surface area contributed by atoms with Gasteiger partial charge in [0.25, 0.3) is 0 Å². The summed E-state index contributed by atoms with van der Waals surface area (Å²) in [7, 11) is 0. The molecule has 152 valence electrons. The van der Waals surface area contributed by atoms with E-state index in [2.05, 4.69) is 48.6 Å². The van der Waals surface area contributed by atoms with E-state index in [-0.39, 0.29) is 6.04 Å². The number of anilines is 1. The molecule has 2 unspecified atom stereocenters. The number of hydrogen-bond acceptors (Lipinski definition) is 2. The van der Waals surface area contributed by atoms with Crippen LogP contribution in [0.4, 0.5) is 5.69 Å². The lowest BCUT2D eigenvalue weighted by Gasteiger charge is -2.24. The largest absolute Gasteiger partial charge is 0.388 e. The second-order valence-corrected chi connectivity index (χ2v) is 8.41. The fourth-order valence-corrected chi connectivity index (χ4v) is 4.02. The molecule has 0 fully saturated rings. The van der Waals surface area contributed by atoms with E-state index in [1.165, 1.54) is 5.56 Å². The van der Waals surface area contributed by atoms with Gasteiger partial charge in [-0.3, -0.25) is 0 Å². The van der Waals surface area contributed by atoms with Gasteiger partial charge >= 0.3 is 0 Å². The highest BCUT2D eigenvalue weighted by atomic mass is 35.5. The topological polar surface area (TPSA) is 32.3 Å². The highest BCUT2D eigenvalue weighted by molar-refractivity contribution is 6.42. The molecule has 2 nitrogen and oxygen atoms in total. The van der Waals surface area contributed by atoms with Gasteiger partial charge in [-0.15, -0.1) is 0 Å². The third kappa shape index (κ3) is 4.79. The van der Waals surface area contributed by atoms with Crippen LogP contribution >= 0.6 is 23.2 Å². The van der Waals surface area contributed by atoms with Crippen molar-refractivity contribution in [2.45, 2.75) is 25.5 Å². The van der Waals surface area contributed by atoms with Crippen LogP contribution in [0, 0.1) is 6.92 Å². The zero-order valence-corrected chi connectivity index (χ0v) is 18.2. The molecule has 4 aromatic carbocycles. The first-order valence-electron chi connectivity index (χ1n) is 9.94. The molecule has 4 aromatic rings. The number of nitrogens with one attached hydrogen (secondary N) is 1. The van der Waals surface area contributed by atoms with Gasteiger partial charge in [-0.1, -0.05) is 77.8 Å². The Labute approximate surface area is 187 Å². The molecule has 30 heavy (non-hydrogen) atoms. The third-order valence-corrected chi connectivity index (χ3v) is 6.06. The van der Waals surface area contributed by atoms with Crippen LogP contribution in [0.15, 0.2) is 84.9 Å². The Morgan fingerprint density at radius 2 is 1.53 bits per heavy atom. The van der Waals surface area contributed by atoms with E-state index in [0.29, 0.717) is 16.5 Å². The number of aliphatic hydroxyl groups excluding tert-OH is 1. The maximum absolute atomic E-state index is 11.1. The van der Waals surface area contributed by atoms with Crippen molar-refractivity contribution in [1.82, 2.24) is 0 Å². The Hall–Kier alpha value is -2.52. The molecule has 0 aliphatic carbocycles. The fraction of sp³-hybridized carbons (Fsp3) is 0.154. The first kappa shape index (κ1) is 20.7. The standard InChI is InChI=1S/C26H23Cl2NO/c1-17-5-4-8-22(13-17)29-25(20-11-12-23(27)24(28)15-20)16-26(30)21-10-9-18-6-2-3-7-19(18)14-21/h2-15,25-26,29-30H,16H2,1H3. The van der Waals surface area contributed by atoms with Gasteiger partial charge in [0.15, 0.2) is 0 Å². The fourth-order valence-electron chi connectivity index (χ4n) is 3.72. The zero-order valence-electron chi connectivity index (χ0n) is 16.6. The molecule has 4 rings (SSSR count). The predicted octanol–water partition coefficient (Wildman–Crippen LogP) is 7.73. The first-order chi connectivity index (χ1) is 14.5. The third-order valence-electron chi connectivity index (χ3n) is 5.32. The Morgan fingerprint density at radius 1 is 0.767 bits per heavy atom. The molecular formula is C26H23Cl2NO. The lowest BCUT2D eigenvalue weighted by molar-refractivity contribution is 0.161. The van der Waals surface area contributed by atoms with Crippen molar-refractivity contribution in [1.29, 1.82) is 0 Å². The maximum atomic E-state index is 11.1. The van der Waals surface area contributed by atoms with Gasteiger partial charge in [-0.2, -0.15) is 0 Å². The summed E-state index contributed by atoms with van der Waals surface area (Å²) in [5.41, 5.74) is 4.04. The first-order valence-corrected chi connectivity index (χ1v) is 10.7. The maximum Gasteiger partial charge on any atom is 0.0813 e. The molecule has 0 saturated carbocycles. The average Bonchev–Trinajstić information content (AvgIpc) is 2.75. The van der Waals surface area contributed by atoms with E-state index in [1.54, 1.807) is 6.07 Å². The summed E-state index contributed by atoms with van der Waals surface area (Å²) in [6, 6.07) is 27.9. The van der Waals surface area contributed by atoms with Gasteiger partial charge in [0, 0.05) is 12.1 Å². The Morgan fingerprint density at radius 3 is 2.30 bits per heavy atom. The number of benzene rings is 4. The van der Waals surface area contributed by atoms with E-state index in [0.717, 1.165) is 27.6 Å². The molecule has 0 heterocycles. The van der Waals surface area contributed by atoms with Gasteiger partial charge in [-0.05, 0) is 64.7 Å². The lowest BCUT2D eigenvalue weighted by atomic mass is 9.95. The number of halogens is 2. The monoisotopic (exact) mass is 435 g/mol. The number of aliphatic hydroxyl groups is 1. The van der Waals surface area contributed by atoms with Crippen molar-refractivity contribution in [2.24, 2.45) is 0 Å². The molecule has 2 N–H and O–H groups in total. The lowest BCUT2D eigenvalue weighted by Crippen LogP contribution is -2.15.